The zero-order valence-corrected chi connectivity index (χ0v) is 23.3. The summed E-state index contributed by atoms with van der Waals surface area (Å²) in [5.41, 5.74) is 4.11. The number of aromatic nitrogens is 6. The summed E-state index contributed by atoms with van der Waals surface area (Å²) < 4.78 is 77.2. The van der Waals surface area contributed by atoms with Crippen molar-refractivity contribution in [3.8, 4) is 0 Å². The van der Waals surface area contributed by atoms with Gasteiger partial charge in [0.2, 0.25) is 0 Å². The standard InChI is InChI=1S/C19H21F2N7O11P2S/c20-10-13-8(37-18(10)28-6-25-12-15(22)23-5-24-16(12)28)4-35-41(33,42)39-14-7(3-34-40(31,32)38-13)36-17(11(14)21)27-2-1-9(29)26-19(27)30/h1-2,5-8,10-11,13-14,17-18H,3-4H2,(H,31,32)(H,33,42)(H2,22,23,24)(H,26,29,30)/p-2/t7-,8-,10-,11-,13-,14-,17-,18-,41?/m1/s1. The first-order valence-corrected chi connectivity index (χ1v) is 16.0. The molecule has 2 unspecified atom stereocenters. The molecule has 42 heavy (non-hydrogen) atoms. The molecule has 0 saturated carbocycles. The van der Waals surface area contributed by atoms with Gasteiger partial charge in [-0.05, 0) is 0 Å². The minimum absolute atomic E-state index is 0.00789. The molecule has 0 bridgehead atoms. The van der Waals surface area contributed by atoms with Crippen molar-refractivity contribution in [1.29, 1.82) is 0 Å². The van der Waals surface area contributed by atoms with E-state index in [2.05, 4.69) is 15.0 Å². The molecular formula is C19H19F2N7O11P2S-2. The van der Waals surface area contributed by atoms with E-state index in [0.717, 1.165) is 29.5 Å². The Morgan fingerprint density at radius 2 is 1.64 bits per heavy atom. The van der Waals surface area contributed by atoms with Gasteiger partial charge in [0.15, 0.2) is 36.3 Å². The van der Waals surface area contributed by atoms with Crippen LogP contribution >= 0.6 is 14.5 Å². The van der Waals surface area contributed by atoms with Gasteiger partial charge in [0.25, 0.3) is 13.4 Å². The SMILES string of the molecule is Nc1ncnc2c1ncn2[C@@H]1O[C@@H]2COP([O-])(=S)O[C@H]3[C@@H](F)[C@H](n4ccc(=O)[nH]c4=O)O[C@@H]3COP(=O)([O-])O[C@H]2[C@H]1F. The molecule has 0 radical (unpaired) electrons. The Morgan fingerprint density at radius 1 is 1.00 bits per heavy atom. The third-order valence-electron chi connectivity index (χ3n) is 6.62. The number of phosphoric acid groups is 1. The van der Waals surface area contributed by atoms with E-state index < -0.39 is 88.2 Å². The van der Waals surface area contributed by atoms with Gasteiger partial charge in [-0.3, -0.25) is 23.5 Å². The maximum atomic E-state index is 15.7. The molecule has 3 fully saturated rings. The number of halogens is 2. The summed E-state index contributed by atoms with van der Waals surface area (Å²) in [7, 11) is -5.38. The first kappa shape index (κ1) is 29.5. The van der Waals surface area contributed by atoms with Gasteiger partial charge in [0.1, 0.15) is 43.0 Å². The number of aromatic amines is 1. The highest BCUT2D eigenvalue weighted by molar-refractivity contribution is 8.06. The molecule has 23 heteroatoms. The fourth-order valence-corrected chi connectivity index (χ4v) is 7.09. The monoisotopic (exact) mass is 653 g/mol. The number of rotatable bonds is 2. The first-order valence-electron chi connectivity index (χ1n) is 11.9. The Hall–Kier alpha value is -2.55. The quantitative estimate of drug-likeness (QED) is 0.293. The number of imidazole rings is 1. The minimum Gasteiger partial charge on any atom is -0.780 e. The van der Waals surface area contributed by atoms with E-state index in [1.165, 1.54) is 0 Å². The molecule has 3 aromatic heterocycles. The van der Waals surface area contributed by atoms with Crippen molar-refractivity contribution in [3.63, 3.8) is 0 Å². The molecule has 3 aliphatic rings. The van der Waals surface area contributed by atoms with Crippen LogP contribution in [0.1, 0.15) is 12.5 Å². The Morgan fingerprint density at radius 3 is 2.33 bits per heavy atom. The maximum Gasteiger partial charge on any atom is 0.330 e. The molecule has 228 valence electrons. The smallest absolute Gasteiger partial charge is 0.330 e. The number of nitrogens with one attached hydrogen (secondary N) is 1. The molecule has 10 atom stereocenters. The van der Waals surface area contributed by atoms with E-state index in [1.807, 2.05) is 4.98 Å². The van der Waals surface area contributed by atoms with Crippen molar-refractivity contribution in [2.75, 3.05) is 18.9 Å². The molecule has 3 saturated heterocycles. The zero-order valence-electron chi connectivity index (χ0n) is 20.7. The number of phosphoric ester groups is 1. The fraction of sp³-hybridized carbons (Fsp3) is 0.526. The number of hydrogen-bond donors (Lipinski definition) is 2. The van der Waals surface area contributed by atoms with Gasteiger partial charge in [-0.15, -0.1) is 0 Å². The number of nitrogen functional groups attached to an aromatic ring is 1. The lowest BCUT2D eigenvalue weighted by Gasteiger charge is -2.36. The first-order chi connectivity index (χ1) is 19.8. The molecule has 3 aromatic rings. The largest absolute Gasteiger partial charge is 0.780 e. The summed E-state index contributed by atoms with van der Waals surface area (Å²) in [6, 6.07) is 0.911. The predicted molar refractivity (Wildman–Crippen MR) is 132 cm³/mol. The molecular weight excluding hydrogens is 634 g/mol. The minimum atomic E-state index is -5.38. The van der Waals surface area contributed by atoms with Gasteiger partial charge >= 0.3 is 5.69 Å². The van der Waals surface area contributed by atoms with Gasteiger partial charge in [0.05, 0.1) is 19.5 Å². The third-order valence-corrected chi connectivity index (χ3v) is 9.12. The van der Waals surface area contributed by atoms with E-state index in [9.17, 15) is 23.9 Å². The summed E-state index contributed by atoms with van der Waals surface area (Å²) in [6.45, 7) is -6.43. The normalized spacial score (nSPS) is 39.3. The fourth-order valence-electron chi connectivity index (χ4n) is 4.73. The van der Waals surface area contributed by atoms with Crippen molar-refractivity contribution >= 4 is 43.3 Å². The molecule has 3 N–H and O–H groups in total. The summed E-state index contributed by atoms with van der Waals surface area (Å²) in [5, 5.41) is 0. The van der Waals surface area contributed by atoms with E-state index in [1.54, 1.807) is 0 Å². The van der Waals surface area contributed by atoms with E-state index in [0.29, 0.717) is 4.57 Å². The van der Waals surface area contributed by atoms with Crippen LogP contribution in [0.15, 0.2) is 34.5 Å². The number of H-pyrrole nitrogens is 1. The Kier molecular flexibility index (Phi) is 7.64. The number of alkyl halides is 2. The number of nitrogens with two attached hydrogens (primary N) is 1. The van der Waals surface area contributed by atoms with E-state index in [4.69, 9.17) is 45.1 Å². The summed E-state index contributed by atoms with van der Waals surface area (Å²) >= 11 is 4.90. The zero-order chi connectivity index (χ0) is 30.0. The molecule has 18 nitrogen and oxygen atoms in total. The van der Waals surface area contributed by atoms with Crippen LogP contribution in [0.25, 0.3) is 11.2 Å². The highest BCUT2D eigenvalue weighted by Crippen LogP contribution is 2.51. The molecule has 0 aliphatic carbocycles. The van der Waals surface area contributed by atoms with Crippen LogP contribution < -0.4 is 26.8 Å². The lowest BCUT2D eigenvalue weighted by atomic mass is 10.1. The molecule has 6 heterocycles. The predicted octanol–water partition coefficient (Wildman–Crippen LogP) is -1.70. The van der Waals surface area contributed by atoms with Gasteiger partial charge in [-0.1, -0.05) is 11.8 Å². The van der Waals surface area contributed by atoms with Crippen molar-refractivity contribution in [3.05, 3.63) is 45.8 Å². The number of ether oxygens (including phenoxy) is 2. The number of anilines is 1. The van der Waals surface area contributed by atoms with Gasteiger partial charge < -0.3 is 43.1 Å². The van der Waals surface area contributed by atoms with Gasteiger partial charge in [0, 0.05) is 12.3 Å². The van der Waals surface area contributed by atoms with Crippen LogP contribution in [0.5, 0.6) is 0 Å². The Labute approximate surface area is 237 Å². The number of hydrogen-bond acceptors (Lipinski definition) is 16. The second kappa shape index (κ2) is 10.9. The maximum absolute atomic E-state index is 15.7. The third kappa shape index (κ3) is 5.46. The molecule has 0 aromatic carbocycles. The van der Waals surface area contributed by atoms with Crippen LogP contribution in [0.4, 0.5) is 14.6 Å². The average Bonchev–Trinajstić information content (AvgIpc) is 3.57. The van der Waals surface area contributed by atoms with Crippen LogP contribution in [0.2, 0.25) is 0 Å². The number of fused-ring (bicyclic) bond motifs is 3. The van der Waals surface area contributed by atoms with Crippen LogP contribution in [0, 0.1) is 0 Å². The lowest BCUT2D eigenvalue weighted by Crippen LogP contribution is -2.39. The molecule has 0 amide bonds. The second-order valence-electron chi connectivity index (χ2n) is 9.25. The van der Waals surface area contributed by atoms with Crippen LogP contribution in [0.3, 0.4) is 0 Å². The van der Waals surface area contributed by atoms with Crippen molar-refractivity contribution < 1.29 is 50.7 Å². The average molecular weight is 653 g/mol. The van der Waals surface area contributed by atoms with E-state index in [-0.39, 0.29) is 17.0 Å². The van der Waals surface area contributed by atoms with Crippen LogP contribution in [-0.2, 0) is 43.9 Å². The molecule has 0 spiro atoms. The summed E-state index contributed by atoms with van der Waals surface area (Å²) in [5.74, 6) is -0.00789. The topological polar surface area (TPSA) is 243 Å². The lowest BCUT2D eigenvalue weighted by molar-refractivity contribution is -0.238. The van der Waals surface area contributed by atoms with Crippen molar-refractivity contribution in [1.82, 2.24) is 29.1 Å². The summed E-state index contributed by atoms with van der Waals surface area (Å²) in [4.78, 5) is 63.1. The Balaban J connectivity index is 1.28. The molecule has 3 aliphatic heterocycles. The van der Waals surface area contributed by atoms with Gasteiger partial charge in [-0.2, -0.15) is 0 Å². The van der Waals surface area contributed by atoms with Crippen molar-refractivity contribution in [2.45, 2.75) is 49.2 Å². The highest BCUT2D eigenvalue weighted by atomic mass is 32.5. The number of nitrogens with zero attached hydrogens (tertiary/aromatic N) is 5. The summed E-state index contributed by atoms with van der Waals surface area (Å²) in [6.07, 6.45) is -11.7. The highest BCUT2D eigenvalue weighted by Gasteiger charge is 2.52. The van der Waals surface area contributed by atoms with E-state index >= 15 is 8.78 Å². The molecule has 6 rings (SSSR count). The Bertz CT molecular complexity index is 1730. The van der Waals surface area contributed by atoms with Gasteiger partial charge in [-0.25, -0.2) is 28.5 Å². The second-order valence-corrected chi connectivity index (χ2v) is 13.3. The van der Waals surface area contributed by atoms with Crippen LogP contribution in [-0.4, -0.2) is 79.0 Å². The van der Waals surface area contributed by atoms with Crippen molar-refractivity contribution in [2.24, 2.45) is 0 Å².